The van der Waals surface area contributed by atoms with Gasteiger partial charge in [-0.2, -0.15) is 0 Å². The molecule has 0 heterocycles. The summed E-state index contributed by atoms with van der Waals surface area (Å²) in [5.74, 6) is 1.15. The zero-order valence-electron chi connectivity index (χ0n) is 13.7. The Balaban J connectivity index is 2.43. The van der Waals surface area contributed by atoms with Crippen molar-refractivity contribution in [3.8, 4) is 11.5 Å². The second-order valence-corrected chi connectivity index (χ2v) is 4.89. The largest absolute Gasteiger partial charge is 0.493 e. The normalized spacial score (nSPS) is 11.2. The Bertz CT molecular complexity index is 686. The Morgan fingerprint density at radius 3 is 2.25 bits per heavy atom. The third-order valence-electron chi connectivity index (χ3n) is 3.39. The smallest absolute Gasteiger partial charge is 0.161 e. The number of benzene rings is 2. The van der Waals surface area contributed by atoms with Gasteiger partial charge in [-0.25, -0.2) is 4.39 Å². The molecule has 0 saturated carbocycles. The number of halogens is 1. The zero-order valence-corrected chi connectivity index (χ0v) is 13.7. The topological polar surface area (TPSA) is 60.3 Å². The quantitative estimate of drug-likeness (QED) is 0.458. The fourth-order valence-electron chi connectivity index (χ4n) is 2.17. The predicted octanol–water partition coefficient (Wildman–Crippen LogP) is 2.93. The van der Waals surface area contributed by atoms with Gasteiger partial charge in [0, 0.05) is 11.1 Å². The second kappa shape index (κ2) is 8.88. The Kier molecular flexibility index (Phi) is 6.57. The van der Waals surface area contributed by atoms with Crippen LogP contribution < -0.4 is 9.47 Å². The molecule has 0 aliphatic rings. The summed E-state index contributed by atoms with van der Waals surface area (Å²) in [4.78, 5) is 5.03. The minimum Gasteiger partial charge on any atom is -0.493 e. The summed E-state index contributed by atoms with van der Waals surface area (Å²) < 4.78 is 22.8. The maximum absolute atomic E-state index is 12.3. The highest BCUT2D eigenvalue weighted by atomic mass is 19.1. The van der Waals surface area contributed by atoms with E-state index in [1.807, 2.05) is 18.2 Å². The third kappa shape index (κ3) is 4.23. The molecule has 0 radical (unpaired) electrons. The lowest BCUT2D eigenvalue weighted by Gasteiger charge is -2.12. The summed E-state index contributed by atoms with van der Waals surface area (Å²) in [5, 5.41) is 13.2. The zero-order chi connectivity index (χ0) is 17.4. The van der Waals surface area contributed by atoms with Crippen molar-refractivity contribution in [3.05, 3.63) is 59.2 Å². The molecule has 5 nitrogen and oxygen atoms in total. The van der Waals surface area contributed by atoms with E-state index >= 15 is 0 Å². The SMILES string of the molecule is COc1ccc(/C(=N\OCCF)c2ccc(CO)cc2)cc1OC. The lowest BCUT2D eigenvalue weighted by atomic mass is 10.0. The van der Waals surface area contributed by atoms with Gasteiger partial charge in [0.25, 0.3) is 0 Å². The monoisotopic (exact) mass is 333 g/mol. The van der Waals surface area contributed by atoms with Gasteiger partial charge < -0.3 is 19.4 Å². The van der Waals surface area contributed by atoms with Crippen molar-refractivity contribution in [2.45, 2.75) is 6.61 Å². The molecule has 0 fully saturated rings. The summed E-state index contributed by atoms with van der Waals surface area (Å²) in [6.45, 7) is -0.779. The Labute approximate surface area is 140 Å². The number of ether oxygens (including phenoxy) is 2. The van der Waals surface area contributed by atoms with Crippen LogP contribution in [-0.4, -0.2) is 38.3 Å². The number of oxime groups is 1. The lowest BCUT2D eigenvalue weighted by molar-refractivity contribution is 0.128. The van der Waals surface area contributed by atoms with E-state index in [1.54, 1.807) is 38.5 Å². The van der Waals surface area contributed by atoms with Crippen LogP contribution in [0.2, 0.25) is 0 Å². The van der Waals surface area contributed by atoms with Crippen molar-refractivity contribution < 1.29 is 23.8 Å². The number of hydrogen-bond donors (Lipinski definition) is 1. The van der Waals surface area contributed by atoms with Crippen LogP contribution in [0.4, 0.5) is 4.39 Å². The molecule has 2 aromatic rings. The average molecular weight is 333 g/mol. The van der Waals surface area contributed by atoms with Crippen LogP contribution in [-0.2, 0) is 11.4 Å². The molecule has 0 aliphatic carbocycles. The van der Waals surface area contributed by atoms with E-state index in [2.05, 4.69) is 5.16 Å². The molecular formula is C18H20FNO4. The molecule has 0 aromatic heterocycles. The highest BCUT2D eigenvalue weighted by molar-refractivity contribution is 6.12. The first-order valence-corrected chi connectivity index (χ1v) is 7.42. The summed E-state index contributed by atoms with van der Waals surface area (Å²) in [7, 11) is 3.11. The number of methoxy groups -OCH3 is 2. The number of aliphatic hydroxyl groups is 1. The maximum Gasteiger partial charge on any atom is 0.161 e. The van der Waals surface area contributed by atoms with Crippen LogP contribution in [0.3, 0.4) is 0 Å². The van der Waals surface area contributed by atoms with Crippen LogP contribution in [0.1, 0.15) is 16.7 Å². The van der Waals surface area contributed by atoms with Crippen LogP contribution >= 0.6 is 0 Å². The molecule has 6 heteroatoms. The fraction of sp³-hybridized carbons (Fsp3) is 0.278. The molecular weight excluding hydrogens is 313 g/mol. The van der Waals surface area contributed by atoms with E-state index in [-0.39, 0.29) is 13.2 Å². The first-order valence-electron chi connectivity index (χ1n) is 7.42. The van der Waals surface area contributed by atoms with Crippen LogP contribution in [0.15, 0.2) is 47.6 Å². The van der Waals surface area contributed by atoms with Gasteiger partial charge >= 0.3 is 0 Å². The lowest BCUT2D eigenvalue weighted by Crippen LogP contribution is -2.06. The van der Waals surface area contributed by atoms with E-state index in [4.69, 9.17) is 19.4 Å². The summed E-state index contributed by atoms with van der Waals surface area (Å²) >= 11 is 0. The van der Waals surface area contributed by atoms with E-state index in [0.29, 0.717) is 17.2 Å². The van der Waals surface area contributed by atoms with Crippen LogP contribution in [0.5, 0.6) is 11.5 Å². The molecule has 0 saturated heterocycles. The van der Waals surface area contributed by atoms with E-state index in [0.717, 1.165) is 16.7 Å². The Morgan fingerprint density at radius 1 is 1.00 bits per heavy atom. The molecule has 2 aromatic carbocycles. The van der Waals surface area contributed by atoms with E-state index in [1.165, 1.54) is 0 Å². The first-order chi connectivity index (χ1) is 11.7. The molecule has 0 amide bonds. The standard InChI is InChI=1S/C18H20FNO4/c1-22-16-8-7-15(11-17(16)23-2)18(20-24-10-9-19)14-5-3-13(12-21)4-6-14/h3-8,11,21H,9-10,12H2,1-2H3/b20-18-. The second-order valence-electron chi connectivity index (χ2n) is 4.89. The molecule has 128 valence electrons. The molecule has 0 spiro atoms. The molecule has 0 aliphatic heterocycles. The van der Waals surface area contributed by atoms with Crippen molar-refractivity contribution in [2.24, 2.45) is 5.16 Å². The molecule has 0 unspecified atom stereocenters. The van der Waals surface area contributed by atoms with Gasteiger partial charge in [0.05, 0.1) is 20.8 Å². The highest BCUT2D eigenvalue weighted by Gasteiger charge is 2.12. The van der Waals surface area contributed by atoms with Gasteiger partial charge in [-0.05, 0) is 23.8 Å². The van der Waals surface area contributed by atoms with Crippen molar-refractivity contribution in [1.82, 2.24) is 0 Å². The van der Waals surface area contributed by atoms with Gasteiger partial charge in [0.15, 0.2) is 11.5 Å². The van der Waals surface area contributed by atoms with Gasteiger partial charge in [-0.1, -0.05) is 29.4 Å². The van der Waals surface area contributed by atoms with Gasteiger partial charge in [-0.3, -0.25) is 0 Å². The van der Waals surface area contributed by atoms with Crippen molar-refractivity contribution in [2.75, 3.05) is 27.5 Å². The number of hydrogen-bond acceptors (Lipinski definition) is 5. The third-order valence-corrected chi connectivity index (χ3v) is 3.39. The summed E-state index contributed by atoms with van der Waals surface area (Å²) in [6, 6.07) is 12.6. The highest BCUT2D eigenvalue weighted by Crippen LogP contribution is 2.28. The number of rotatable bonds is 8. The molecule has 24 heavy (non-hydrogen) atoms. The summed E-state index contributed by atoms with van der Waals surface area (Å²) in [5.41, 5.74) is 2.84. The van der Waals surface area contributed by atoms with Gasteiger partial charge in [0.2, 0.25) is 0 Å². The average Bonchev–Trinajstić information content (AvgIpc) is 2.65. The van der Waals surface area contributed by atoms with Crippen LogP contribution in [0, 0.1) is 0 Å². The van der Waals surface area contributed by atoms with E-state index in [9.17, 15) is 4.39 Å². The molecule has 2 rings (SSSR count). The Morgan fingerprint density at radius 2 is 1.67 bits per heavy atom. The first kappa shape index (κ1) is 17.7. The molecule has 0 atom stereocenters. The maximum atomic E-state index is 12.3. The van der Waals surface area contributed by atoms with Gasteiger partial charge in [0.1, 0.15) is 19.0 Å². The van der Waals surface area contributed by atoms with E-state index < -0.39 is 6.67 Å². The molecule has 0 bridgehead atoms. The van der Waals surface area contributed by atoms with Gasteiger partial charge in [-0.15, -0.1) is 0 Å². The van der Waals surface area contributed by atoms with Crippen molar-refractivity contribution in [1.29, 1.82) is 0 Å². The summed E-state index contributed by atoms with van der Waals surface area (Å²) in [6.07, 6.45) is 0. The number of alkyl halides is 1. The van der Waals surface area contributed by atoms with Crippen LogP contribution in [0.25, 0.3) is 0 Å². The minimum atomic E-state index is -0.619. The minimum absolute atomic E-state index is 0.0402. The molecule has 1 N–H and O–H groups in total. The van der Waals surface area contributed by atoms with Crippen molar-refractivity contribution in [3.63, 3.8) is 0 Å². The fourth-order valence-corrected chi connectivity index (χ4v) is 2.17. The number of nitrogens with zero attached hydrogens (tertiary/aromatic N) is 1. The van der Waals surface area contributed by atoms with Crippen molar-refractivity contribution >= 4 is 5.71 Å². The Hall–Kier alpha value is -2.60. The predicted molar refractivity (Wildman–Crippen MR) is 89.5 cm³/mol. The number of aliphatic hydroxyl groups excluding tert-OH is 1.